The highest BCUT2D eigenvalue weighted by molar-refractivity contribution is 5.70. The number of rotatable bonds is 6. The van der Waals surface area contributed by atoms with Gasteiger partial charge in [0.2, 0.25) is 0 Å². The fraction of sp³-hybridized carbons (Fsp3) is 0.588. The number of carbonyl (C=O) groups is 1. The van der Waals surface area contributed by atoms with E-state index in [0.717, 1.165) is 32.6 Å². The van der Waals surface area contributed by atoms with Gasteiger partial charge in [-0.05, 0) is 26.0 Å². The quantitative estimate of drug-likeness (QED) is 0.748. The Kier molecular flexibility index (Phi) is 6.21. The number of hydrogen-bond donors (Lipinski definition) is 0. The first-order valence-corrected chi connectivity index (χ1v) is 7.81. The molecule has 1 fully saturated rings. The van der Waals surface area contributed by atoms with Gasteiger partial charge in [0.15, 0.2) is 0 Å². The van der Waals surface area contributed by atoms with Crippen LogP contribution in [0.25, 0.3) is 0 Å². The van der Waals surface area contributed by atoms with Crippen LogP contribution in [0, 0.1) is 0 Å². The van der Waals surface area contributed by atoms with Gasteiger partial charge in [-0.1, -0.05) is 30.3 Å². The standard InChI is InChI=1S/C17H26N2O2/c1-3-21-17(20)14-16(13-15-7-5-4-6-8-15)19-11-9-18(2)10-12-19/h4-8,16H,3,9-14H2,1-2H3. The van der Waals surface area contributed by atoms with E-state index >= 15 is 0 Å². The van der Waals surface area contributed by atoms with Gasteiger partial charge in [0.05, 0.1) is 13.0 Å². The number of hydrogen-bond acceptors (Lipinski definition) is 4. The number of carbonyl (C=O) groups excluding carboxylic acids is 1. The Hall–Kier alpha value is -1.39. The van der Waals surface area contributed by atoms with Gasteiger partial charge >= 0.3 is 5.97 Å². The van der Waals surface area contributed by atoms with E-state index in [1.807, 2.05) is 13.0 Å². The third kappa shape index (κ3) is 5.14. The number of likely N-dealkylation sites (N-methyl/N-ethyl adjacent to an activating group) is 1. The largest absolute Gasteiger partial charge is 0.466 e. The molecule has 1 aromatic rings. The van der Waals surface area contributed by atoms with E-state index in [1.165, 1.54) is 5.56 Å². The zero-order chi connectivity index (χ0) is 15.1. The van der Waals surface area contributed by atoms with Crippen molar-refractivity contribution in [3.05, 3.63) is 35.9 Å². The summed E-state index contributed by atoms with van der Waals surface area (Å²) >= 11 is 0. The second-order valence-electron chi connectivity index (χ2n) is 5.69. The molecule has 1 unspecified atom stereocenters. The molecule has 1 aromatic carbocycles. The molecule has 21 heavy (non-hydrogen) atoms. The Morgan fingerprint density at radius 2 is 1.86 bits per heavy atom. The van der Waals surface area contributed by atoms with Crippen molar-refractivity contribution in [3.8, 4) is 0 Å². The first-order chi connectivity index (χ1) is 10.2. The molecule has 2 rings (SSSR count). The molecule has 1 heterocycles. The number of esters is 1. The molecule has 1 saturated heterocycles. The Labute approximate surface area is 127 Å². The van der Waals surface area contributed by atoms with Crippen LogP contribution in [0.3, 0.4) is 0 Å². The van der Waals surface area contributed by atoms with E-state index in [9.17, 15) is 4.79 Å². The zero-order valence-corrected chi connectivity index (χ0v) is 13.1. The van der Waals surface area contributed by atoms with E-state index in [-0.39, 0.29) is 12.0 Å². The maximum Gasteiger partial charge on any atom is 0.307 e. The van der Waals surface area contributed by atoms with E-state index in [2.05, 4.69) is 41.1 Å². The lowest BCUT2D eigenvalue weighted by Crippen LogP contribution is -2.50. The summed E-state index contributed by atoms with van der Waals surface area (Å²) in [6.45, 7) is 6.49. The molecule has 0 N–H and O–H groups in total. The molecule has 4 nitrogen and oxygen atoms in total. The molecule has 4 heteroatoms. The van der Waals surface area contributed by atoms with Crippen LogP contribution in [0.4, 0.5) is 0 Å². The van der Waals surface area contributed by atoms with Gasteiger partial charge in [-0.3, -0.25) is 9.69 Å². The SMILES string of the molecule is CCOC(=O)CC(Cc1ccccc1)N1CCN(C)CC1. The molecule has 0 radical (unpaired) electrons. The molecule has 116 valence electrons. The maximum absolute atomic E-state index is 11.9. The van der Waals surface area contributed by atoms with Crippen molar-refractivity contribution in [3.63, 3.8) is 0 Å². The third-order valence-electron chi connectivity index (χ3n) is 4.08. The second kappa shape index (κ2) is 8.15. The Bertz CT molecular complexity index is 428. The van der Waals surface area contributed by atoms with Crippen LogP contribution in [0.5, 0.6) is 0 Å². The smallest absolute Gasteiger partial charge is 0.307 e. The molecule has 0 bridgehead atoms. The van der Waals surface area contributed by atoms with Crippen LogP contribution in [0.1, 0.15) is 18.9 Å². The van der Waals surface area contributed by atoms with Crippen molar-refractivity contribution in [2.75, 3.05) is 39.8 Å². The molecule has 0 aromatic heterocycles. The summed E-state index contributed by atoms with van der Waals surface area (Å²) in [5.41, 5.74) is 1.28. The minimum Gasteiger partial charge on any atom is -0.466 e. The van der Waals surface area contributed by atoms with Crippen LogP contribution >= 0.6 is 0 Å². The highest BCUT2D eigenvalue weighted by atomic mass is 16.5. The Balaban J connectivity index is 2.01. The normalized spacial score (nSPS) is 18.4. The van der Waals surface area contributed by atoms with Crippen LogP contribution in [0.15, 0.2) is 30.3 Å². The Morgan fingerprint density at radius 1 is 1.19 bits per heavy atom. The Morgan fingerprint density at radius 3 is 2.48 bits per heavy atom. The lowest BCUT2D eigenvalue weighted by atomic mass is 10.0. The lowest BCUT2D eigenvalue weighted by Gasteiger charge is -2.37. The van der Waals surface area contributed by atoms with Gasteiger partial charge in [0, 0.05) is 32.2 Å². The first-order valence-electron chi connectivity index (χ1n) is 7.81. The maximum atomic E-state index is 11.9. The van der Waals surface area contributed by atoms with E-state index in [0.29, 0.717) is 13.0 Å². The van der Waals surface area contributed by atoms with Gasteiger partial charge in [-0.15, -0.1) is 0 Å². The summed E-state index contributed by atoms with van der Waals surface area (Å²) < 4.78 is 5.15. The van der Waals surface area contributed by atoms with E-state index in [4.69, 9.17) is 4.74 Å². The molecule has 1 aliphatic heterocycles. The second-order valence-corrected chi connectivity index (χ2v) is 5.69. The number of benzene rings is 1. The highest BCUT2D eigenvalue weighted by Gasteiger charge is 2.25. The molecule has 0 spiro atoms. The topological polar surface area (TPSA) is 32.8 Å². The molecule has 1 aliphatic rings. The van der Waals surface area contributed by atoms with Crippen LogP contribution < -0.4 is 0 Å². The van der Waals surface area contributed by atoms with Crippen molar-refractivity contribution in [2.24, 2.45) is 0 Å². The zero-order valence-electron chi connectivity index (χ0n) is 13.1. The summed E-state index contributed by atoms with van der Waals surface area (Å²) in [5.74, 6) is -0.0858. The van der Waals surface area contributed by atoms with Gasteiger partial charge < -0.3 is 9.64 Å². The van der Waals surface area contributed by atoms with Crippen molar-refractivity contribution in [2.45, 2.75) is 25.8 Å². The van der Waals surface area contributed by atoms with Gasteiger partial charge in [0.25, 0.3) is 0 Å². The van der Waals surface area contributed by atoms with Crippen molar-refractivity contribution < 1.29 is 9.53 Å². The van der Waals surface area contributed by atoms with Gasteiger partial charge in [0.1, 0.15) is 0 Å². The minimum atomic E-state index is -0.0858. The average molecular weight is 290 g/mol. The van der Waals surface area contributed by atoms with Gasteiger partial charge in [-0.2, -0.15) is 0 Å². The van der Waals surface area contributed by atoms with Crippen LogP contribution in [-0.2, 0) is 16.0 Å². The van der Waals surface area contributed by atoms with Crippen LogP contribution in [-0.4, -0.2) is 61.6 Å². The monoisotopic (exact) mass is 290 g/mol. The number of ether oxygens (including phenoxy) is 1. The summed E-state index contributed by atoms with van der Waals surface area (Å²) in [7, 11) is 2.15. The first kappa shape index (κ1) is 16.0. The molecule has 0 aliphatic carbocycles. The van der Waals surface area contributed by atoms with Crippen molar-refractivity contribution >= 4 is 5.97 Å². The highest BCUT2D eigenvalue weighted by Crippen LogP contribution is 2.15. The summed E-state index contributed by atoms with van der Waals surface area (Å²) in [4.78, 5) is 16.7. The predicted octanol–water partition coefficient (Wildman–Crippen LogP) is 1.80. The van der Waals surface area contributed by atoms with Crippen molar-refractivity contribution in [1.29, 1.82) is 0 Å². The predicted molar refractivity (Wildman–Crippen MR) is 84.3 cm³/mol. The lowest BCUT2D eigenvalue weighted by molar-refractivity contribution is -0.144. The third-order valence-corrected chi connectivity index (χ3v) is 4.08. The summed E-state index contributed by atoms with van der Waals surface area (Å²) in [6.07, 6.45) is 1.38. The average Bonchev–Trinajstić information content (AvgIpc) is 2.49. The van der Waals surface area contributed by atoms with Gasteiger partial charge in [-0.25, -0.2) is 0 Å². The fourth-order valence-corrected chi connectivity index (χ4v) is 2.82. The number of nitrogens with zero attached hydrogens (tertiary/aromatic N) is 2. The fourth-order valence-electron chi connectivity index (χ4n) is 2.82. The molecule has 0 amide bonds. The summed E-state index contributed by atoms with van der Waals surface area (Å²) in [5, 5.41) is 0. The van der Waals surface area contributed by atoms with Crippen LogP contribution in [0.2, 0.25) is 0 Å². The molecular formula is C17H26N2O2. The minimum absolute atomic E-state index is 0.0858. The summed E-state index contributed by atoms with van der Waals surface area (Å²) in [6, 6.07) is 10.6. The molecule has 1 atom stereocenters. The van der Waals surface area contributed by atoms with E-state index in [1.54, 1.807) is 0 Å². The molecular weight excluding hydrogens is 264 g/mol. The van der Waals surface area contributed by atoms with E-state index < -0.39 is 0 Å². The molecule has 0 saturated carbocycles. The number of piperazine rings is 1. The van der Waals surface area contributed by atoms with Crippen molar-refractivity contribution in [1.82, 2.24) is 9.80 Å².